The Labute approximate surface area is 81.8 Å². The Bertz CT molecular complexity index is 367. The molecule has 2 aliphatic heterocycles. The number of rotatable bonds is 2. The quantitative estimate of drug-likeness (QED) is 0.609. The molecule has 0 aromatic rings. The smallest absolute Gasteiger partial charge is 0.233 e. The molecule has 2 atom stereocenters. The first kappa shape index (κ1) is 9.16. The fraction of sp³-hybridized carbons (Fsp3) is 0.333. The van der Waals surface area contributed by atoms with Crippen molar-refractivity contribution in [1.29, 1.82) is 0 Å². The molecule has 0 bridgehead atoms. The topological polar surface area (TPSA) is 83.4 Å². The van der Waals surface area contributed by atoms with E-state index < -0.39 is 17.1 Å². The van der Waals surface area contributed by atoms with Gasteiger partial charge >= 0.3 is 0 Å². The van der Waals surface area contributed by atoms with E-state index in [-0.39, 0.29) is 6.04 Å². The lowest BCUT2D eigenvalue weighted by Crippen LogP contribution is -2.48. The second-order valence-electron chi connectivity index (χ2n) is 2.64. The molecule has 0 saturated heterocycles. The van der Waals surface area contributed by atoms with E-state index >= 15 is 0 Å². The van der Waals surface area contributed by atoms with Crippen molar-refractivity contribution in [1.82, 2.24) is 9.84 Å². The number of ether oxygens (including phenoxy) is 1. The van der Waals surface area contributed by atoms with Crippen LogP contribution in [0.15, 0.2) is 35.0 Å². The van der Waals surface area contributed by atoms with Crippen molar-refractivity contribution in [3.63, 3.8) is 0 Å². The standard InChI is InChI=1S/C6H8N4O3S/c11-14(12)9-10-3-4-13-6-5(10)1-2-7-8-6/h1-6,14H,(H,9,11,12). The number of hydrazine groups is 1. The van der Waals surface area contributed by atoms with Gasteiger partial charge in [0.2, 0.25) is 17.1 Å². The molecular weight excluding hydrogens is 208 g/mol. The van der Waals surface area contributed by atoms with Gasteiger partial charge in [0, 0.05) is 6.20 Å². The Morgan fingerprint density at radius 3 is 3.14 bits per heavy atom. The Hall–Kier alpha value is -1.41. The first-order chi connectivity index (χ1) is 6.77. The zero-order chi connectivity index (χ0) is 9.97. The van der Waals surface area contributed by atoms with Crippen LogP contribution in [0.25, 0.3) is 0 Å². The van der Waals surface area contributed by atoms with Crippen molar-refractivity contribution < 1.29 is 13.2 Å². The minimum absolute atomic E-state index is 0.287. The van der Waals surface area contributed by atoms with Crippen LogP contribution in [-0.4, -0.2) is 25.7 Å². The first-order valence-corrected chi connectivity index (χ1v) is 5.03. The van der Waals surface area contributed by atoms with Gasteiger partial charge < -0.3 is 4.74 Å². The molecular formula is C6H8N4O3S. The van der Waals surface area contributed by atoms with Gasteiger partial charge in [-0.05, 0) is 6.08 Å². The molecule has 0 radical (unpaired) electrons. The lowest BCUT2D eigenvalue weighted by molar-refractivity contribution is 0.0422. The lowest BCUT2D eigenvalue weighted by atomic mass is 10.2. The zero-order valence-corrected chi connectivity index (χ0v) is 7.87. The molecule has 0 aromatic carbocycles. The van der Waals surface area contributed by atoms with Crippen LogP contribution in [0, 0.1) is 0 Å². The van der Waals surface area contributed by atoms with E-state index in [1.165, 1.54) is 23.7 Å². The maximum atomic E-state index is 10.5. The van der Waals surface area contributed by atoms with Gasteiger partial charge in [0.1, 0.15) is 12.3 Å². The summed E-state index contributed by atoms with van der Waals surface area (Å²) in [4.78, 5) is 2.25. The van der Waals surface area contributed by atoms with E-state index in [4.69, 9.17) is 4.74 Å². The number of hydrogen-bond donors (Lipinski definition) is 2. The lowest BCUT2D eigenvalue weighted by Gasteiger charge is -2.33. The van der Waals surface area contributed by atoms with Crippen LogP contribution < -0.4 is 4.83 Å². The summed E-state index contributed by atoms with van der Waals surface area (Å²) in [7, 11) is -2.69. The van der Waals surface area contributed by atoms with Gasteiger partial charge in [0.05, 0.1) is 6.20 Å². The van der Waals surface area contributed by atoms with Crippen molar-refractivity contribution in [2.24, 2.45) is 10.2 Å². The van der Waals surface area contributed by atoms with Crippen LogP contribution in [-0.2, 0) is 15.6 Å². The predicted octanol–water partition coefficient (Wildman–Crippen LogP) is -0.505. The largest absolute Gasteiger partial charge is 0.470 e. The van der Waals surface area contributed by atoms with E-state index in [9.17, 15) is 8.42 Å². The second-order valence-corrected chi connectivity index (χ2v) is 3.35. The molecule has 0 spiro atoms. The molecule has 14 heavy (non-hydrogen) atoms. The molecule has 1 N–H and O–H groups in total. The van der Waals surface area contributed by atoms with Crippen LogP contribution in [0.3, 0.4) is 0 Å². The van der Waals surface area contributed by atoms with E-state index in [1.54, 1.807) is 6.08 Å². The van der Waals surface area contributed by atoms with Crippen molar-refractivity contribution in [2.45, 2.75) is 12.3 Å². The predicted molar refractivity (Wildman–Crippen MR) is 47.1 cm³/mol. The highest BCUT2D eigenvalue weighted by Crippen LogP contribution is 2.18. The fourth-order valence-corrected chi connectivity index (χ4v) is 1.60. The van der Waals surface area contributed by atoms with Crippen LogP contribution >= 0.6 is 0 Å². The van der Waals surface area contributed by atoms with Gasteiger partial charge in [-0.3, -0.25) is 5.01 Å². The molecule has 0 aromatic heterocycles. The van der Waals surface area contributed by atoms with Gasteiger partial charge in [-0.25, -0.2) is 8.42 Å². The zero-order valence-electron chi connectivity index (χ0n) is 6.98. The van der Waals surface area contributed by atoms with Crippen LogP contribution in [0.5, 0.6) is 0 Å². The van der Waals surface area contributed by atoms with Gasteiger partial charge in [-0.1, -0.05) is 0 Å². The molecule has 2 rings (SSSR count). The van der Waals surface area contributed by atoms with E-state index in [1.807, 2.05) is 0 Å². The highest BCUT2D eigenvalue weighted by molar-refractivity contribution is 7.70. The SMILES string of the molecule is O=[SH](=O)NN1C=COC2N=NC=CC21. The number of fused-ring (bicyclic) bond motifs is 1. The average molecular weight is 216 g/mol. The maximum absolute atomic E-state index is 10.5. The Morgan fingerprint density at radius 2 is 2.36 bits per heavy atom. The van der Waals surface area contributed by atoms with Crippen LogP contribution in [0.1, 0.15) is 0 Å². The van der Waals surface area contributed by atoms with Crippen molar-refractivity contribution >= 4 is 10.9 Å². The monoisotopic (exact) mass is 216 g/mol. The third-order valence-corrected chi connectivity index (χ3v) is 2.17. The van der Waals surface area contributed by atoms with E-state index in [0.717, 1.165) is 0 Å². The molecule has 0 fully saturated rings. The molecule has 2 unspecified atom stereocenters. The summed E-state index contributed by atoms with van der Waals surface area (Å²) in [6.45, 7) is 0. The third-order valence-electron chi connectivity index (χ3n) is 1.78. The molecule has 76 valence electrons. The van der Waals surface area contributed by atoms with Crippen LogP contribution in [0.4, 0.5) is 0 Å². The summed E-state index contributed by atoms with van der Waals surface area (Å²) in [5, 5.41) is 8.85. The van der Waals surface area contributed by atoms with Crippen molar-refractivity contribution in [2.75, 3.05) is 0 Å². The number of thiol groups is 1. The molecule has 8 heteroatoms. The fourth-order valence-electron chi connectivity index (χ4n) is 1.21. The first-order valence-electron chi connectivity index (χ1n) is 3.85. The van der Waals surface area contributed by atoms with Crippen molar-refractivity contribution in [3.05, 3.63) is 24.7 Å². The number of nitrogens with one attached hydrogen (secondary N) is 1. The van der Waals surface area contributed by atoms with Gasteiger partial charge in [0.15, 0.2) is 0 Å². The average Bonchev–Trinajstić information content (AvgIpc) is 2.18. The van der Waals surface area contributed by atoms with Gasteiger partial charge in [0.25, 0.3) is 0 Å². The molecule has 7 nitrogen and oxygen atoms in total. The molecule has 2 aliphatic rings. The van der Waals surface area contributed by atoms with E-state index in [2.05, 4.69) is 15.1 Å². The Kier molecular flexibility index (Phi) is 2.46. The summed E-state index contributed by atoms with van der Waals surface area (Å²) in [5.41, 5.74) is 0. The van der Waals surface area contributed by atoms with Crippen LogP contribution in [0.2, 0.25) is 0 Å². The molecule has 0 saturated carbocycles. The minimum atomic E-state index is -2.69. The Morgan fingerprint density at radius 1 is 1.50 bits per heavy atom. The Balaban J connectivity index is 2.17. The maximum Gasteiger partial charge on any atom is 0.233 e. The van der Waals surface area contributed by atoms with E-state index in [0.29, 0.717) is 0 Å². The van der Waals surface area contributed by atoms with Gasteiger partial charge in [-0.2, -0.15) is 5.11 Å². The molecule has 2 heterocycles. The van der Waals surface area contributed by atoms with Gasteiger partial charge in [-0.15, -0.1) is 9.95 Å². The summed E-state index contributed by atoms with van der Waals surface area (Å²) < 4.78 is 26.1. The highest BCUT2D eigenvalue weighted by Gasteiger charge is 2.29. The molecule has 0 amide bonds. The number of azo groups is 1. The highest BCUT2D eigenvalue weighted by atomic mass is 32.2. The minimum Gasteiger partial charge on any atom is -0.470 e. The van der Waals surface area contributed by atoms with Crippen molar-refractivity contribution in [3.8, 4) is 0 Å². The summed E-state index contributed by atoms with van der Waals surface area (Å²) >= 11 is 0. The number of nitrogens with zero attached hydrogens (tertiary/aromatic N) is 3. The summed E-state index contributed by atoms with van der Waals surface area (Å²) in [5.74, 6) is 0. The summed E-state index contributed by atoms with van der Waals surface area (Å²) in [6.07, 6.45) is 5.55. The third kappa shape index (κ3) is 1.75. The number of hydrogen-bond acceptors (Lipinski definition) is 6. The normalized spacial score (nSPS) is 29.1. The molecule has 0 aliphatic carbocycles. The summed E-state index contributed by atoms with van der Waals surface area (Å²) in [6, 6.07) is -0.287. The second kappa shape index (κ2) is 3.76.